The zero-order chi connectivity index (χ0) is 13.3. The van der Waals surface area contributed by atoms with Crippen molar-refractivity contribution in [3.8, 4) is 0 Å². The second-order valence-corrected chi connectivity index (χ2v) is 4.73. The van der Waals surface area contributed by atoms with Gasteiger partial charge in [0, 0.05) is 18.0 Å². The van der Waals surface area contributed by atoms with Crippen LogP contribution in [0.3, 0.4) is 0 Å². The minimum absolute atomic E-state index is 0.0753. The second-order valence-electron chi connectivity index (χ2n) is 4.73. The van der Waals surface area contributed by atoms with Crippen molar-refractivity contribution in [3.63, 3.8) is 0 Å². The first-order valence-electron chi connectivity index (χ1n) is 5.87. The topological polar surface area (TPSA) is 59.3 Å². The summed E-state index contributed by atoms with van der Waals surface area (Å²) in [6.07, 6.45) is 1.81. The van der Waals surface area contributed by atoms with E-state index in [1.54, 1.807) is 24.3 Å². The van der Waals surface area contributed by atoms with Gasteiger partial charge in [0.15, 0.2) is 0 Å². The molecule has 2 rings (SSSR count). The average Bonchev–Trinajstić information content (AvgIpc) is 2.67. The van der Waals surface area contributed by atoms with Gasteiger partial charge in [-0.1, -0.05) is 32.0 Å². The van der Waals surface area contributed by atoms with Gasteiger partial charge in [-0.3, -0.25) is 9.36 Å². The lowest BCUT2D eigenvalue weighted by Crippen LogP contribution is -2.11. The van der Waals surface area contributed by atoms with Gasteiger partial charge in [0.25, 0.3) is 0 Å². The molecule has 1 aromatic carbocycles. The molecule has 0 spiro atoms. The summed E-state index contributed by atoms with van der Waals surface area (Å²) in [6, 6.07) is 7.05. The summed E-state index contributed by atoms with van der Waals surface area (Å²) in [7, 11) is 0. The lowest BCUT2D eigenvalue weighted by atomic mass is 10.1. The molecule has 0 fully saturated rings. The Labute approximate surface area is 105 Å². The molecule has 0 radical (unpaired) electrons. The van der Waals surface area contributed by atoms with Gasteiger partial charge in [0.1, 0.15) is 0 Å². The molecule has 0 bridgehead atoms. The third-order valence-electron chi connectivity index (χ3n) is 2.79. The molecule has 0 aliphatic rings. The number of fused-ring (bicyclic) bond motifs is 1. The molecule has 0 aliphatic carbocycles. The van der Waals surface area contributed by atoms with Crippen LogP contribution in [0, 0.1) is 5.92 Å². The molecule has 0 saturated heterocycles. The monoisotopic (exact) mass is 245 g/mol. The van der Waals surface area contributed by atoms with Crippen LogP contribution in [0.25, 0.3) is 10.9 Å². The zero-order valence-corrected chi connectivity index (χ0v) is 10.4. The van der Waals surface area contributed by atoms with Gasteiger partial charge < -0.3 is 5.11 Å². The smallest absolute Gasteiger partial charge is 0.337 e. The van der Waals surface area contributed by atoms with Crippen LogP contribution in [0.2, 0.25) is 0 Å². The Morgan fingerprint density at radius 3 is 2.56 bits per heavy atom. The van der Waals surface area contributed by atoms with Crippen molar-refractivity contribution >= 4 is 22.8 Å². The zero-order valence-electron chi connectivity index (χ0n) is 10.4. The van der Waals surface area contributed by atoms with Gasteiger partial charge in [-0.2, -0.15) is 0 Å². The van der Waals surface area contributed by atoms with E-state index in [4.69, 9.17) is 5.11 Å². The van der Waals surface area contributed by atoms with Gasteiger partial charge >= 0.3 is 5.97 Å². The molecule has 0 saturated carbocycles. The highest BCUT2D eigenvalue weighted by molar-refractivity contribution is 6.06. The fourth-order valence-electron chi connectivity index (χ4n) is 2.00. The van der Waals surface area contributed by atoms with E-state index >= 15 is 0 Å². The minimum Gasteiger partial charge on any atom is -0.478 e. The van der Waals surface area contributed by atoms with E-state index in [1.807, 2.05) is 13.8 Å². The van der Waals surface area contributed by atoms with Crippen LogP contribution in [-0.2, 0) is 0 Å². The van der Waals surface area contributed by atoms with Gasteiger partial charge in [0.05, 0.1) is 11.1 Å². The van der Waals surface area contributed by atoms with Crippen LogP contribution in [-0.4, -0.2) is 21.6 Å². The molecule has 94 valence electrons. The first-order valence-corrected chi connectivity index (χ1v) is 5.87. The second kappa shape index (κ2) is 4.64. The SMILES string of the molecule is CC(C)CC(=O)n1cc(C(=O)O)c2ccccc21. The lowest BCUT2D eigenvalue weighted by Gasteiger charge is -2.05. The van der Waals surface area contributed by atoms with Gasteiger partial charge in [-0.05, 0) is 12.0 Å². The maximum atomic E-state index is 12.1. The molecule has 1 aromatic heterocycles. The van der Waals surface area contributed by atoms with Crippen LogP contribution in [0.1, 0.15) is 35.4 Å². The molecule has 2 aromatic rings. The van der Waals surface area contributed by atoms with Crippen molar-refractivity contribution in [2.75, 3.05) is 0 Å². The first-order chi connectivity index (χ1) is 8.50. The van der Waals surface area contributed by atoms with Gasteiger partial charge in [0.2, 0.25) is 5.91 Å². The van der Waals surface area contributed by atoms with Crippen LogP contribution in [0.4, 0.5) is 0 Å². The number of hydrogen-bond acceptors (Lipinski definition) is 2. The van der Waals surface area contributed by atoms with Crippen molar-refractivity contribution in [1.29, 1.82) is 0 Å². The van der Waals surface area contributed by atoms with E-state index in [0.29, 0.717) is 17.3 Å². The standard InChI is InChI=1S/C14H15NO3/c1-9(2)7-13(16)15-8-11(14(17)18)10-5-3-4-6-12(10)15/h3-6,8-9H,7H2,1-2H3,(H,17,18). The third-order valence-corrected chi connectivity index (χ3v) is 2.79. The third kappa shape index (κ3) is 2.14. The maximum absolute atomic E-state index is 12.1. The highest BCUT2D eigenvalue weighted by atomic mass is 16.4. The molecule has 1 heterocycles. The number of carbonyl (C=O) groups is 2. The molecule has 0 unspecified atom stereocenters. The van der Waals surface area contributed by atoms with Crippen LogP contribution < -0.4 is 0 Å². The number of para-hydroxylation sites is 1. The van der Waals surface area contributed by atoms with Crippen molar-refractivity contribution < 1.29 is 14.7 Å². The molecular formula is C14H15NO3. The molecule has 0 atom stereocenters. The Bertz CT molecular complexity index is 611. The Morgan fingerprint density at radius 2 is 1.94 bits per heavy atom. The molecule has 0 amide bonds. The number of benzene rings is 1. The van der Waals surface area contributed by atoms with Crippen LogP contribution >= 0.6 is 0 Å². The minimum atomic E-state index is -1.01. The van der Waals surface area contributed by atoms with E-state index in [2.05, 4.69) is 0 Å². The molecule has 1 N–H and O–H groups in total. The fraction of sp³-hybridized carbons (Fsp3) is 0.286. The summed E-state index contributed by atoms with van der Waals surface area (Å²) in [5, 5.41) is 9.73. The number of carboxylic acid groups (broad SMARTS) is 1. The summed E-state index contributed by atoms with van der Waals surface area (Å²) in [5.74, 6) is -0.845. The highest BCUT2D eigenvalue weighted by Gasteiger charge is 2.17. The normalized spacial score (nSPS) is 11.1. The first kappa shape index (κ1) is 12.4. The number of rotatable bonds is 3. The van der Waals surface area contributed by atoms with E-state index in [0.717, 1.165) is 0 Å². The summed E-state index contributed by atoms with van der Waals surface area (Å²) in [5.41, 5.74) is 0.822. The summed E-state index contributed by atoms with van der Waals surface area (Å²) in [4.78, 5) is 23.2. The van der Waals surface area contributed by atoms with Crippen molar-refractivity contribution in [2.24, 2.45) is 5.92 Å². The van der Waals surface area contributed by atoms with Crippen molar-refractivity contribution in [2.45, 2.75) is 20.3 Å². The van der Waals surface area contributed by atoms with Crippen LogP contribution in [0.5, 0.6) is 0 Å². The quantitative estimate of drug-likeness (QED) is 0.904. The Kier molecular flexibility index (Phi) is 3.19. The number of hydrogen-bond donors (Lipinski definition) is 1. The van der Waals surface area contributed by atoms with Gasteiger partial charge in [-0.25, -0.2) is 4.79 Å². The van der Waals surface area contributed by atoms with E-state index in [1.165, 1.54) is 10.8 Å². The predicted molar refractivity (Wildman–Crippen MR) is 69.0 cm³/mol. The number of carboxylic acids is 1. The lowest BCUT2D eigenvalue weighted by molar-refractivity contribution is 0.0699. The van der Waals surface area contributed by atoms with E-state index in [-0.39, 0.29) is 17.4 Å². The summed E-state index contributed by atoms with van der Waals surface area (Å²) >= 11 is 0. The number of nitrogens with zero attached hydrogens (tertiary/aromatic N) is 1. The maximum Gasteiger partial charge on any atom is 0.337 e. The molecule has 0 aliphatic heterocycles. The number of aromatic nitrogens is 1. The Morgan fingerprint density at radius 1 is 1.28 bits per heavy atom. The molecule has 4 nitrogen and oxygen atoms in total. The average molecular weight is 245 g/mol. The summed E-state index contributed by atoms with van der Waals surface area (Å²) < 4.78 is 1.44. The predicted octanol–water partition coefficient (Wildman–Crippen LogP) is 3.03. The number of aromatic carboxylic acids is 1. The van der Waals surface area contributed by atoms with Gasteiger partial charge in [-0.15, -0.1) is 0 Å². The van der Waals surface area contributed by atoms with Crippen molar-refractivity contribution in [1.82, 2.24) is 4.57 Å². The van der Waals surface area contributed by atoms with E-state index < -0.39 is 5.97 Å². The Hall–Kier alpha value is -2.10. The van der Waals surface area contributed by atoms with Crippen LogP contribution in [0.15, 0.2) is 30.5 Å². The summed E-state index contributed by atoms with van der Waals surface area (Å²) in [6.45, 7) is 3.92. The largest absolute Gasteiger partial charge is 0.478 e. The fourth-order valence-corrected chi connectivity index (χ4v) is 2.00. The van der Waals surface area contributed by atoms with Crippen molar-refractivity contribution in [3.05, 3.63) is 36.0 Å². The molecule has 4 heteroatoms. The molecular weight excluding hydrogens is 230 g/mol. The van der Waals surface area contributed by atoms with E-state index in [9.17, 15) is 9.59 Å². The number of carbonyl (C=O) groups excluding carboxylic acids is 1. The Balaban J connectivity index is 2.58. The molecule has 18 heavy (non-hydrogen) atoms. The highest BCUT2D eigenvalue weighted by Crippen LogP contribution is 2.22.